The van der Waals surface area contributed by atoms with Crippen molar-refractivity contribution in [3.05, 3.63) is 58.1 Å². The number of thiocarbonyl (C=S) groups is 1. The quantitative estimate of drug-likeness (QED) is 0.343. The van der Waals surface area contributed by atoms with Gasteiger partial charge in [-0.25, -0.2) is 0 Å². The van der Waals surface area contributed by atoms with E-state index in [2.05, 4.69) is 16.0 Å². The van der Waals surface area contributed by atoms with Crippen molar-refractivity contribution >= 4 is 51.9 Å². The largest absolute Gasteiger partial charge is 0.366 e. The van der Waals surface area contributed by atoms with E-state index in [-0.39, 0.29) is 28.2 Å². The van der Waals surface area contributed by atoms with Crippen LogP contribution in [0.5, 0.6) is 0 Å². The first kappa shape index (κ1) is 23.1. The van der Waals surface area contributed by atoms with Gasteiger partial charge in [-0.05, 0) is 55.4 Å². The summed E-state index contributed by atoms with van der Waals surface area (Å²) in [5, 5.41) is 19.8. The normalized spacial score (nSPS) is 13.0. The minimum atomic E-state index is -0.553. The number of nitrogens with one attached hydrogen (secondary N) is 3. The predicted molar refractivity (Wildman–Crippen MR) is 128 cm³/mol. The molecule has 0 bridgehead atoms. The number of hydrogen-bond acceptors (Lipinski definition) is 6. The lowest BCUT2D eigenvalue weighted by Crippen LogP contribution is -2.34. The lowest BCUT2D eigenvalue weighted by Gasteiger charge is -2.18. The zero-order chi connectivity index (χ0) is 23.3. The van der Waals surface area contributed by atoms with E-state index < -0.39 is 10.8 Å². The van der Waals surface area contributed by atoms with Gasteiger partial charge < -0.3 is 15.5 Å². The summed E-state index contributed by atoms with van der Waals surface area (Å²) in [6, 6.07) is 11.3. The first-order valence-electron chi connectivity index (χ1n) is 10.3. The Morgan fingerprint density at radius 3 is 2.34 bits per heavy atom. The third-order valence-corrected chi connectivity index (χ3v) is 5.22. The van der Waals surface area contributed by atoms with Crippen LogP contribution in [0.1, 0.15) is 37.0 Å². The molecule has 3 N–H and O–H groups in total. The van der Waals surface area contributed by atoms with Gasteiger partial charge in [-0.15, -0.1) is 0 Å². The van der Waals surface area contributed by atoms with Crippen molar-refractivity contribution < 1.29 is 14.5 Å². The molecule has 32 heavy (non-hydrogen) atoms. The fraction of sp³-hybridized carbons (Fsp3) is 0.318. The monoisotopic (exact) mass is 455 g/mol. The fourth-order valence-electron chi connectivity index (χ4n) is 3.34. The second kappa shape index (κ2) is 10.2. The fourth-order valence-corrected chi connectivity index (χ4v) is 3.55. The molecule has 0 spiro atoms. The van der Waals surface area contributed by atoms with Gasteiger partial charge in [-0.3, -0.25) is 25.0 Å². The maximum Gasteiger partial charge on any atom is 0.293 e. The van der Waals surface area contributed by atoms with Gasteiger partial charge in [0.05, 0.1) is 4.92 Å². The van der Waals surface area contributed by atoms with E-state index in [1.54, 1.807) is 50.2 Å². The molecule has 2 aromatic carbocycles. The molecule has 168 valence electrons. The lowest BCUT2D eigenvalue weighted by atomic mass is 10.1. The average molecular weight is 456 g/mol. The number of nitro groups is 1. The minimum absolute atomic E-state index is 0.0357. The molecule has 9 nitrogen and oxygen atoms in total. The molecular formula is C22H25N5O4S. The van der Waals surface area contributed by atoms with E-state index in [9.17, 15) is 19.7 Å². The summed E-state index contributed by atoms with van der Waals surface area (Å²) >= 11 is 5.21. The molecule has 0 atom stereocenters. The zero-order valence-corrected chi connectivity index (χ0v) is 18.7. The second-order valence-corrected chi connectivity index (χ2v) is 8.20. The van der Waals surface area contributed by atoms with Gasteiger partial charge in [0.15, 0.2) is 5.11 Å². The number of benzene rings is 2. The highest BCUT2D eigenvalue weighted by Gasteiger charge is 2.24. The molecule has 10 heteroatoms. The molecule has 1 heterocycles. The molecule has 1 aliphatic heterocycles. The van der Waals surface area contributed by atoms with Crippen LogP contribution in [0.3, 0.4) is 0 Å². The SMILES string of the molecule is CC(C)C(=O)Nc1cccc(NC(=S)NC(=O)c2ccc(N3CCCC3)c([N+](=O)[O-])c2)c1. The Hall–Kier alpha value is -3.53. The Bertz CT molecular complexity index is 1050. The summed E-state index contributed by atoms with van der Waals surface area (Å²) in [6.07, 6.45) is 1.98. The van der Waals surface area contributed by atoms with Gasteiger partial charge in [0, 0.05) is 42.0 Å². The van der Waals surface area contributed by atoms with Crippen molar-refractivity contribution in [2.45, 2.75) is 26.7 Å². The van der Waals surface area contributed by atoms with Crippen LogP contribution in [0.2, 0.25) is 0 Å². The molecule has 1 saturated heterocycles. The number of nitro benzene ring substituents is 1. The smallest absolute Gasteiger partial charge is 0.293 e. The van der Waals surface area contributed by atoms with Crippen molar-refractivity contribution in [3.8, 4) is 0 Å². The van der Waals surface area contributed by atoms with Crippen LogP contribution in [0, 0.1) is 16.0 Å². The molecule has 3 rings (SSSR count). The Labute approximate surface area is 191 Å². The molecule has 1 fully saturated rings. The van der Waals surface area contributed by atoms with E-state index in [0.717, 1.165) is 25.9 Å². The van der Waals surface area contributed by atoms with Crippen LogP contribution in [-0.2, 0) is 4.79 Å². The van der Waals surface area contributed by atoms with E-state index in [1.165, 1.54) is 6.07 Å². The standard InChI is InChI=1S/C22H25N5O4S/c1-14(2)20(28)23-16-6-5-7-17(13-16)24-22(32)25-21(29)15-8-9-18(19(12-15)27(30)31)26-10-3-4-11-26/h5-9,12-14H,3-4,10-11H2,1-2H3,(H,23,28)(H2,24,25,29,32). The van der Waals surface area contributed by atoms with Crippen LogP contribution in [0.4, 0.5) is 22.7 Å². The number of nitrogens with zero attached hydrogens (tertiary/aromatic N) is 2. The van der Waals surface area contributed by atoms with E-state index >= 15 is 0 Å². The molecule has 0 radical (unpaired) electrons. The molecule has 0 aliphatic carbocycles. The number of carbonyl (C=O) groups excluding carboxylic acids is 2. The summed E-state index contributed by atoms with van der Waals surface area (Å²) in [5.74, 6) is -0.826. The first-order chi connectivity index (χ1) is 15.2. The minimum Gasteiger partial charge on any atom is -0.366 e. The first-order valence-corrected chi connectivity index (χ1v) is 10.7. The summed E-state index contributed by atoms with van der Waals surface area (Å²) in [7, 11) is 0. The molecule has 0 aromatic heterocycles. The van der Waals surface area contributed by atoms with Crippen molar-refractivity contribution in [1.82, 2.24) is 5.32 Å². The van der Waals surface area contributed by atoms with Crippen molar-refractivity contribution in [2.24, 2.45) is 5.92 Å². The van der Waals surface area contributed by atoms with Crippen molar-refractivity contribution in [3.63, 3.8) is 0 Å². The van der Waals surface area contributed by atoms with Crippen LogP contribution in [0.25, 0.3) is 0 Å². The third-order valence-electron chi connectivity index (χ3n) is 5.02. The molecule has 0 unspecified atom stereocenters. The van der Waals surface area contributed by atoms with Crippen LogP contribution in [-0.4, -0.2) is 34.9 Å². The number of carbonyl (C=O) groups is 2. The third kappa shape index (κ3) is 5.79. The highest BCUT2D eigenvalue weighted by atomic mass is 32.1. The van der Waals surface area contributed by atoms with Gasteiger partial charge in [0.25, 0.3) is 11.6 Å². The van der Waals surface area contributed by atoms with Gasteiger partial charge in [0.1, 0.15) is 5.69 Å². The van der Waals surface area contributed by atoms with Gasteiger partial charge in [0.2, 0.25) is 5.91 Å². The number of anilines is 3. The van der Waals surface area contributed by atoms with Crippen LogP contribution in [0.15, 0.2) is 42.5 Å². The predicted octanol–water partition coefficient (Wildman–Crippen LogP) is 3.92. The Balaban J connectivity index is 1.67. The number of rotatable bonds is 6. The Morgan fingerprint density at radius 1 is 1.06 bits per heavy atom. The average Bonchev–Trinajstić information content (AvgIpc) is 3.28. The van der Waals surface area contributed by atoms with E-state index in [0.29, 0.717) is 17.1 Å². The van der Waals surface area contributed by atoms with Crippen molar-refractivity contribution in [2.75, 3.05) is 28.6 Å². The second-order valence-electron chi connectivity index (χ2n) is 7.79. The maximum absolute atomic E-state index is 12.6. The van der Waals surface area contributed by atoms with Crippen LogP contribution >= 0.6 is 12.2 Å². The molecular weight excluding hydrogens is 430 g/mol. The van der Waals surface area contributed by atoms with Crippen LogP contribution < -0.4 is 20.9 Å². The van der Waals surface area contributed by atoms with Gasteiger partial charge >= 0.3 is 0 Å². The van der Waals surface area contributed by atoms with Gasteiger partial charge in [-0.2, -0.15) is 0 Å². The van der Waals surface area contributed by atoms with E-state index in [1.807, 2.05) is 4.90 Å². The number of amides is 2. The summed E-state index contributed by atoms with van der Waals surface area (Å²) < 4.78 is 0. The highest BCUT2D eigenvalue weighted by Crippen LogP contribution is 2.31. The topological polar surface area (TPSA) is 117 Å². The summed E-state index contributed by atoms with van der Waals surface area (Å²) in [5.41, 5.74) is 1.72. The molecule has 2 aromatic rings. The molecule has 2 amide bonds. The van der Waals surface area contributed by atoms with Gasteiger partial charge in [-0.1, -0.05) is 19.9 Å². The number of hydrogen-bond donors (Lipinski definition) is 3. The highest BCUT2D eigenvalue weighted by molar-refractivity contribution is 7.80. The maximum atomic E-state index is 12.6. The lowest BCUT2D eigenvalue weighted by molar-refractivity contribution is -0.384. The Morgan fingerprint density at radius 2 is 1.72 bits per heavy atom. The Kier molecular flexibility index (Phi) is 7.37. The van der Waals surface area contributed by atoms with Crippen molar-refractivity contribution in [1.29, 1.82) is 0 Å². The summed E-state index contributed by atoms with van der Waals surface area (Å²) in [4.78, 5) is 37.5. The summed E-state index contributed by atoms with van der Waals surface area (Å²) in [6.45, 7) is 5.11. The molecule has 1 aliphatic rings. The van der Waals surface area contributed by atoms with E-state index in [4.69, 9.17) is 12.2 Å². The zero-order valence-electron chi connectivity index (χ0n) is 17.9. The molecule has 0 saturated carbocycles.